The van der Waals surface area contributed by atoms with E-state index in [0.29, 0.717) is 0 Å². The highest BCUT2D eigenvalue weighted by atomic mass is 32.1. The third-order valence-electron chi connectivity index (χ3n) is 3.76. The predicted octanol–water partition coefficient (Wildman–Crippen LogP) is 4.45. The van der Waals surface area contributed by atoms with Crippen molar-refractivity contribution in [1.82, 2.24) is 0 Å². The molecule has 0 radical (unpaired) electrons. The van der Waals surface area contributed by atoms with Crippen LogP contribution in [0, 0.1) is 0 Å². The van der Waals surface area contributed by atoms with E-state index in [0.717, 1.165) is 6.42 Å². The fraction of sp³-hybridized carbons (Fsp3) is 0.158. The van der Waals surface area contributed by atoms with E-state index < -0.39 is 0 Å². The van der Waals surface area contributed by atoms with Gasteiger partial charge in [-0.05, 0) is 29.0 Å². The predicted molar refractivity (Wildman–Crippen MR) is 90.7 cm³/mol. The second-order valence-electron chi connectivity index (χ2n) is 5.25. The fourth-order valence-corrected chi connectivity index (χ4v) is 3.56. The molecule has 1 aromatic heterocycles. The first kappa shape index (κ1) is 14.1. The number of nitrogens with two attached hydrogens (primary N) is 1. The van der Waals surface area contributed by atoms with Crippen molar-refractivity contribution in [2.24, 2.45) is 5.73 Å². The number of hydrogen-bond acceptors (Lipinski definition) is 2. The van der Waals surface area contributed by atoms with Crippen LogP contribution < -0.4 is 5.73 Å². The van der Waals surface area contributed by atoms with Crippen molar-refractivity contribution < 1.29 is 0 Å². The molecular formula is C19H19NS. The van der Waals surface area contributed by atoms with Crippen LogP contribution >= 0.6 is 11.3 Å². The van der Waals surface area contributed by atoms with Crippen molar-refractivity contribution in [3.05, 3.63) is 94.2 Å². The van der Waals surface area contributed by atoms with Crippen LogP contribution in [0.2, 0.25) is 0 Å². The van der Waals surface area contributed by atoms with E-state index in [1.807, 2.05) is 0 Å². The Labute approximate surface area is 130 Å². The lowest BCUT2D eigenvalue weighted by atomic mass is 9.84. The average molecular weight is 293 g/mol. The summed E-state index contributed by atoms with van der Waals surface area (Å²) in [6, 6.07) is 25.5. The van der Waals surface area contributed by atoms with Gasteiger partial charge in [0.15, 0.2) is 0 Å². The molecule has 0 aliphatic rings. The molecule has 0 aliphatic carbocycles. The quantitative estimate of drug-likeness (QED) is 0.739. The first-order chi connectivity index (χ1) is 10.3. The molecule has 3 rings (SSSR count). The second-order valence-corrected chi connectivity index (χ2v) is 6.28. The van der Waals surface area contributed by atoms with Crippen LogP contribution in [0.4, 0.5) is 0 Å². The van der Waals surface area contributed by atoms with E-state index in [2.05, 4.69) is 78.2 Å². The van der Waals surface area contributed by atoms with E-state index in [1.165, 1.54) is 16.0 Å². The molecular weight excluding hydrogens is 274 g/mol. The standard InChI is InChI=1S/C19H19NS/c20-18(14-17-12-7-13-21-17)19(15-8-3-1-4-9-15)16-10-5-2-6-11-16/h1-13,18-19H,14,20H2. The first-order valence-corrected chi connectivity index (χ1v) is 8.10. The lowest BCUT2D eigenvalue weighted by Crippen LogP contribution is -2.31. The summed E-state index contributed by atoms with van der Waals surface area (Å²) in [6.07, 6.45) is 0.909. The molecule has 0 bridgehead atoms. The number of rotatable bonds is 5. The van der Waals surface area contributed by atoms with Gasteiger partial charge >= 0.3 is 0 Å². The first-order valence-electron chi connectivity index (χ1n) is 7.22. The van der Waals surface area contributed by atoms with Gasteiger partial charge in [0.1, 0.15) is 0 Å². The van der Waals surface area contributed by atoms with Gasteiger partial charge in [-0.15, -0.1) is 11.3 Å². The van der Waals surface area contributed by atoms with E-state index in [9.17, 15) is 0 Å². The molecule has 0 saturated heterocycles. The number of benzene rings is 2. The van der Waals surface area contributed by atoms with Crippen LogP contribution in [0.15, 0.2) is 78.2 Å². The molecule has 2 heteroatoms. The highest BCUT2D eigenvalue weighted by molar-refractivity contribution is 7.09. The molecule has 1 heterocycles. The van der Waals surface area contributed by atoms with Crippen molar-refractivity contribution >= 4 is 11.3 Å². The summed E-state index contributed by atoms with van der Waals surface area (Å²) < 4.78 is 0. The molecule has 106 valence electrons. The van der Waals surface area contributed by atoms with Gasteiger partial charge in [0.25, 0.3) is 0 Å². The molecule has 3 aromatic rings. The highest BCUT2D eigenvalue weighted by Crippen LogP contribution is 2.29. The molecule has 0 spiro atoms. The summed E-state index contributed by atoms with van der Waals surface area (Å²) in [5.74, 6) is 0.231. The van der Waals surface area contributed by atoms with E-state index >= 15 is 0 Å². The van der Waals surface area contributed by atoms with Crippen molar-refractivity contribution in [3.8, 4) is 0 Å². The van der Waals surface area contributed by atoms with Gasteiger partial charge in [-0.25, -0.2) is 0 Å². The molecule has 1 atom stereocenters. The zero-order valence-corrected chi connectivity index (χ0v) is 12.7. The summed E-state index contributed by atoms with van der Waals surface area (Å²) in [5, 5.41) is 2.11. The largest absolute Gasteiger partial charge is 0.327 e. The van der Waals surface area contributed by atoms with Crippen LogP contribution in [0.5, 0.6) is 0 Å². The number of thiophene rings is 1. The summed E-state index contributed by atoms with van der Waals surface area (Å²) >= 11 is 1.78. The Kier molecular flexibility index (Phi) is 4.49. The molecule has 1 unspecified atom stereocenters. The summed E-state index contributed by atoms with van der Waals surface area (Å²) in [5.41, 5.74) is 9.15. The van der Waals surface area contributed by atoms with Gasteiger partial charge in [-0.2, -0.15) is 0 Å². The van der Waals surface area contributed by atoms with Gasteiger partial charge in [0, 0.05) is 16.8 Å². The van der Waals surface area contributed by atoms with Gasteiger partial charge in [-0.3, -0.25) is 0 Å². The smallest absolute Gasteiger partial charge is 0.0244 e. The SMILES string of the molecule is NC(Cc1cccs1)C(c1ccccc1)c1ccccc1. The van der Waals surface area contributed by atoms with Crippen LogP contribution in [0.1, 0.15) is 21.9 Å². The minimum absolute atomic E-state index is 0.0773. The maximum atomic E-state index is 6.58. The molecule has 0 fully saturated rings. The second kappa shape index (κ2) is 6.70. The van der Waals surface area contributed by atoms with Gasteiger partial charge in [0.2, 0.25) is 0 Å². The molecule has 0 amide bonds. The third kappa shape index (κ3) is 3.41. The number of hydrogen-bond donors (Lipinski definition) is 1. The summed E-state index contributed by atoms with van der Waals surface area (Å²) in [6.45, 7) is 0. The van der Waals surface area contributed by atoms with Gasteiger partial charge < -0.3 is 5.73 Å². The molecule has 21 heavy (non-hydrogen) atoms. The van der Waals surface area contributed by atoms with Crippen molar-refractivity contribution in [2.75, 3.05) is 0 Å². The van der Waals surface area contributed by atoms with E-state index in [1.54, 1.807) is 11.3 Å². The third-order valence-corrected chi connectivity index (χ3v) is 4.66. The van der Waals surface area contributed by atoms with Crippen LogP contribution in [0.3, 0.4) is 0 Å². The maximum absolute atomic E-state index is 6.58. The lowest BCUT2D eigenvalue weighted by Gasteiger charge is -2.24. The van der Waals surface area contributed by atoms with Crippen molar-refractivity contribution in [3.63, 3.8) is 0 Å². The fourth-order valence-electron chi connectivity index (χ4n) is 2.79. The van der Waals surface area contributed by atoms with Crippen LogP contribution in [-0.4, -0.2) is 6.04 Å². The Morgan fingerprint density at radius 1 is 0.762 bits per heavy atom. The topological polar surface area (TPSA) is 26.0 Å². The zero-order chi connectivity index (χ0) is 14.5. The summed E-state index contributed by atoms with van der Waals surface area (Å²) in [4.78, 5) is 1.35. The molecule has 2 N–H and O–H groups in total. The highest BCUT2D eigenvalue weighted by Gasteiger charge is 2.22. The van der Waals surface area contributed by atoms with Crippen molar-refractivity contribution in [2.45, 2.75) is 18.4 Å². The minimum atomic E-state index is 0.0773. The minimum Gasteiger partial charge on any atom is -0.327 e. The molecule has 0 saturated carbocycles. The zero-order valence-electron chi connectivity index (χ0n) is 11.9. The maximum Gasteiger partial charge on any atom is 0.0244 e. The van der Waals surface area contributed by atoms with Gasteiger partial charge in [0.05, 0.1) is 0 Å². The Balaban J connectivity index is 1.92. The van der Waals surface area contributed by atoms with E-state index in [4.69, 9.17) is 5.73 Å². The molecule has 2 aromatic carbocycles. The van der Waals surface area contributed by atoms with E-state index in [-0.39, 0.29) is 12.0 Å². The summed E-state index contributed by atoms with van der Waals surface area (Å²) in [7, 11) is 0. The molecule has 1 nitrogen and oxygen atoms in total. The Hall–Kier alpha value is -1.90. The Morgan fingerprint density at radius 2 is 1.33 bits per heavy atom. The average Bonchev–Trinajstić information content (AvgIpc) is 3.02. The van der Waals surface area contributed by atoms with Crippen molar-refractivity contribution in [1.29, 1.82) is 0 Å². The van der Waals surface area contributed by atoms with Crippen LogP contribution in [0.25, 0.3) is 0 Å². The lowest BCUT2D eigenvalue weighted by molar-refractivity contribution is 0.595. The normalized spacial score (nSPS) is 12.5. The Morgan fingerprint density at radius 3 is 1.81 bits per heavy atom. The van der Waals surface area contributed by atoms with Gasteiger partial charge in [-0.1, -0.05) is 66.7 Å². The van der Waals surface area contributed by atoms with Crippen LogP contribution in [-0.2, 0) is 6.42 Å². The monoisotopic (exact) mass is 293 g/mol. The molecule has 0 aliphatic heterocycles. The Bertz CT molecular complexity index is 607.